The first kappa shape index (κ1) is 15.2. The normalized spacial score (nSPS) is 13.1. The van der Waals surface area contributed by atoms with Gasteiger partial charge in [-0.2, -0.15) is 0 Å². The van der Waals surface area contributed by atoms with E-state index in [1.807, 2.05) is 30.3 Å². The van der Waals surface area contributed by atoms with Gasteiger partial charge >= 0.3 is 0 Å². The van der Waals surface area contributed by atoms with E-state index >= 15 is 0 Å². The lowest BCUT2D eigenvalue weighted by Gasteiger charge is -2.20. The Hall–Kier alpha value is -0.830. The van der Waals surface area contributed by atoms with Crippen LogP contribution in [0.4, 0.5) is 0 Å². The van der Waals surface area contributed by atoms with Crippen LogP contribution in [-0.2, 0) is 4.79 Å². The number of rotatable bonds is 5. The molecule has 0 aromatic heterocycles. The maximum atomic E-state index is 11.9. The molecule has 0 bridgehead atoms. The van der Waals surface area contributed by atoms with Gasteiger partial charge in [-0.3, -0.25) is 4.79 Å². The third-order valence-corrected chi connectivity index (χ3v) is 3.44. The van der Waals surface area contributed by atoms with Crippen LogP contribution in [0, 0.1) is 5.41 Å². The van der Waals surface area contributed by atoms with Crippen molar-refractivity contribution in [2.75, 3.05) is 5.33 Å². The summed E-state index contributed by atoms with van der Waals surface area (Å²) in [6.07, 6.45) is 1.49. The molecule has 1 amide bonds. The summed E-state index contributed by atoms with van der Waals surface area (Å²) in [5, 5.41) is 3.80. The predicted octanol–water partition coefficient (Wildman–Crippen LogP) is 4.07. The van der Waals surface area contributed by atoms with E-state index in [-0.39, 0.29) is 17.4 Å². The molecule has 0 aliphatic rings. The quantitative estimate of drug-likeness (QED) is 0.816. The number of halogens is 1. The first-order valence-electron chi connectivity index (χ1n) is 6.32. The minimum Gasteiger partial charge on any atom is -0.348 e. The average Bonchev–Trinajstić information content (AvgIpc) is 2.33. The Balaban J connectivity index is 2.51. The van der Waals surface area contributed by atoms with Gasteiger partial charge in [0, 0.05) is 11.8 Å². The largest absolute Gasteiger partial charge is 0.348 e. The monoisotopic (exact) mass is 311 g/mol. The number of carbonyl (C=O) groups excluding carboxylic acids is 1. The van der Waals surface area contributed by atoms with Crippen molar-refractivity contribution in [3.63, 3.8) is 0 Å². The van der Waals surface area contributed by atoms with E-state index in [0.29, 0.717) is 6.42 Å². The molecule has 1 unspecified atom stereocenters. The number of amides is 1. The highest BCUT2D eigenvalue weighted by molar-refractivity contribution is 9.09. The second-order valence-corrected chi connectivity index (χ2v) is 6.39. The average molecular weight is 312 g/mol. The number of benzene rings is 1. The van der Waals surface area contributed by atoms with E-state index in [4.69, 9.17) is 0 Å². The van der Waals surface area contributed by atoms with Gasteiger partial charge < -0.3 is 5.32 Å². The fourth-order valence-corrected chi connectivity index (χ4v) is 2.19. The fraction of sp³-hybridized carbons (Fsp3) is 0.533. The highest BCUT2D eigenvalue weighted by Gasteiger charge is 2.16. The van der Waals surface area contributed by atoms with E-state index in [2.05, 4.69) is 42.0 Å². The number of alkyl halides is 1. The van der Waals surface area contributed by atoms with Crippen molar-refractivity contribution in [1.82, 2.24) is 5.32 Å². The van der Waals surface area contributed by atoms with Gasteiger partial charge in [0.05, 0.1) is 6.04 Å². The van der Waals surface area contributed by atoms with Gasteiger partial charge in [0.2, 0.25) is 5.91 Å². The van der Waals surface area contributed by atoms with Crippen molar-refractivity contribution >= 4 is 21.8 Å². The molecule has 1 rings (SSSR count). The minimum atomic E-state index is 0.0543. The van der Waals surface area contributed by atoms with Crippen molar-refractivity contribution in [2.45, 2.75) is 39.7 Å². The van der Waals surface area contributed by atoms with Gasteiger partial charge in [0.1, 0.15) is 0 Å². The van der Waals surface area contributed by atoms with Gasteiger partial charge in [0.25, 0.3) is 0 Å². The second-order valence-electron chi connectivity index (χ2n) is 5.75. The summed E-state index contributed by atoms with van der Waals surface area (Å²) in [5.41, 5.74) is 1.34. The van der Waals surface area contributed by atoms with E-state index in [1.165, 1.54) is 0 Å². The molecular formula is C15H22BrNO. The molecule has 0 fully saturated rings. The van der Waals surface area contributed by atoms with Crippen LogP contribution in [0.1, 0.15) is 45.2 Å². The first-order chi connectivity index (χ1) is 8.42. The molecule has 0 aliphatic carbocycles. The zero-order valence-electron chi connectivity index (χ0n) is 11.4. The lowest BCUT2D eigenvalue weighted by molar-refractivity contribution is -0.122. The van der Waals surface area contributed by atoms with Crippen LogP contribution in [0.5, 0.6) is 0 Å². The maximum Gasteiger partial charge on any atom is 0.220 e. The summed E-state index contributed by atoms with van der Waals surface area (Å²) in [4.78, 5) is 11.9. The topological polar surface area (TPSA) is 29.1 Å². The standard InChI is InChI=1S/C15H22BrNO/c1-15(2,3)10-9-14(18)17-13(11-16)12-7-5-4-6-8-12/h4-8,13H,9-11H2,1-3H3,(H,17,18). The smallest absolute Gasteiger partial charge is 0.220 e. The first-order valence-corrected chi connectivity index (χ1v) is 7.45. The number of hydrogen-bond acceptors (Lipinski definition) is 1. The van der Waals surface area contributed by atoms with E-state index < -0.39 is 0 Å². The number of carbonyl (C=O) groups is 1. The molecule has 1 atom stereocenters. The Morgan fingerprint density at radius 3 is 2.39 bits per heavy atom. The molecule has 1 N–H and O–H groups in total. The lowest BCUT2D eigenvalue weighted by Crippen LogP contribution is -2.30. The summed E-state index contributed by atoms with van der Waals surface area (Å²) in [5.74, 6) is 0.123. The molecule has 1 aromatic rings. The molecule has 0 heterocycles. The SMILES string of the molecule is CC(C)(C)CCC(=O)NC(CBr)c1ccccc1. The molecule has 0 aliphatic heterocycles. The maximum absolute atomic E-state index is 11.9. The van der Waals surface area contributed by atoms with Crippen molar-refractivity contribution in [2.24, 2.45) is 5.41 Å². The van der Waals surface area contributed by atoms with Crippen LogP contribution in [0.25, 0.3) is 0 Å². The van der Waals surface area contributed by atoms with E-state index in [1.54, 1.807) is 0 Å². The van der Waals surface area contributed by atoms with Crippen LogP contribution < -0.4 is 5.32 Å². The van der Waals surface area contributed by atoms with Gasteiger partial charge in [-0.25, -0.2) is 0 Å². The van der Waals surface area contributed by atoms with Gasteiger partial charge in [-0.15, -0.1) is 0 Å². The van der Waals surface area contributed by atoms with E-state index in [0.717, 1.165) is 17.3 Å². The van der Waals surface area contributed by atoms with Crippen molar-refractivity contribution in [1.29, 1.82) is 0 Å². The minimum absolute atomic E-state index is 0.0543. The van der Waals surface area contributed by atoms with Gasteiger partial charge in [-0.05, 0) is 17.4 Å². The Morgan fingerprint density at radius 1 is 1.28 bits per heavy atom. The van der Waals surface area contributed by atoms with E-state index in [9.17, 15) is 4.79 Å². The zero-order valence-corrected chi connectivity index (χ0v) is 13.0. The summed E-state index contributed by atoms with van der Waals surface area (Å²) >= 11 is 3.46. The highest BCUT2D eigenvalue weighted by atomic mass is 79.9. The zero-order chi connectivity index (χ0) is 13.6. The second kappa shape index (κ2) is 6.93. The third-order valence-electron chi connectivity index (χ3n) is 2.79. The van der Waals surface area contributed by atoms with Crippen molar-refractivity contribution < 1.29 is 4.79 Å². The van der Waals surface area contributed by atoms with Crippen LogP contribution in [0.15, 0.2) is 30.3 Å². The van der Waals surface area contributed by atoms with Crippen LogP contribution in [0.3, 0.4) is 0 Å². The Kier molecular flexibility index (Phi) is 5.86. The van der Waals surface area contributed by atoms with Gasteiger partial charge in [-0.1, -0.05) is 67.0 Å². The van der Waals surface area contributed by atoms with Crippen LogP contribution in [-0.4, -0.2) is 11.2 Å². The van der Waals surface area contributed by atoms with Crippen LogP contribution in [0.2, 0.25) is 0 Å². The lowest BCUT2D eigenvalue weighted by atomic mass is 9.90. The molecule has 100 valence electrons. The van der Waals surface area contributed by atoms with Crippen molar-refractivity contribution in [3.8, 4) is 0 Å². The molecule has 1 aromatic carbocycles. The molecule has 0 radical (unpaired) electrons. The summed E-state index contributed by atoms with van der Waals surface area (Å²) in [7, 11) is 0. The Labute approximate surface area is 118 Å². The number of hydrogen-bond donors (Lipinski definition) is 1. The van der Waals surface area contributed by atoms with Gasteiger partial charge in [0.15, 0.2) is 0 Å². The number of nitrogens with one attached hydrogen (secondary N) is 1. The highest BCUT2D eigenvalue weighted by Crippen LogP contribution is 2.21. The fourth-order valence-electron chi connectivity index (χ4n) is 1.65. The summed E-state index contributed by atoms with van der Waals surface area (Å²) < 4.78 is 0. The molecule has 2 nitrogen and oxygen atoms in total. The Morgan fingerprint density at radius 2 is 1.89 bits per heavy atom. The predicted molar refractivity (Wildman–Crippen MR) is 79.8 cm³/mol. The summed E-state index contributed by atoms with van der Waals surface area (Å²) in [6.45, 7) is 6.46. The Bertz CT molecular complexity index is 370. The molecule has 18 heavy (non-hydrogen) atoms. The summed E-state index contributed by atoms with van der Waals surface area (Å²) in [6, 6.07) is 10.1. The van der Waals surface area contributed by atoms with Crippen LogP contribution >= 0.6 is 15.9 Å². The molecule has 3 heteroatoms. The molecular weight excluding hydrogens is 290 g/mol. The third kappa shape index (κ3) is 5.67. The molecule has 0 saturated carbocycles. The van der Waals surface area contributed by atoms with Crippen molar-refractivity contribution in [3.05, 3.63) is 35.9 Å². The molecule has 0 saturated heterocycles. The molecule has 0 spiro atoms.